The third kappa shape index (κ3) is 4.72. The minimum absolute atomic E-state index is 0.108. The molecule has 23 heavy (non-hydrogen) atoms. The number of halogens is 2. The van der Waals surface area contributed by atoms with E-state index in [0.717, 1.165) is 19.3 Å². The van der Waals surface area contributed by atoms with E-state index >= 15 is 0 Å². The third-order valence-electron chi connectivity index (χ3n) is 3.93. The number of carbonyl (C=O) groups excluding carboxylic acids is 2. The van der Waals surface area contributed by atoms with E-state index in [1.54, 1.807) is 29.2 Å². The number of rotatable bonds is 4. The number of likely N-dealkylation sites (tertiary alicyclic amines) is 1. The van der Waals surface area contributed by atoms with E-state index in [4.69, 9.17) is 27.9 Å². The first-order chi connectivity index (χ1) is 11.0. The third-order valence-corrected chi connectivity index (χ3v) is 4.76. The maximum Gasteiger partial charge on any atom is 0.307 e. The Balaban J connectivity index is 2.09. The SMILES string of the molecule is COC(=O)C[C@H]1CCCCN1C(=O)/C=C\c1cccc(Cl)c1Cl. The molecule has 1 fully saturated rings. The smallest absolute Gasteiger partial charge is 0.307 e. The predicted molar refractivity (Wildman–Crippen MR) is 91.5 cm³/mol. The molecular formula is C17H19Cl2NO3. The summed E-state index contributed by atoms with van der Waals surface area (Å²) in [5, 5.41) is 0.866. The fourth-order valence-electron chi connectivity index (χ4n) is 2.68. The van der Waals surface area contributed by atoms with Gasteiger partial charge in [0.05, 0.1) is 23.6 Å². The van der Waals surface area contributed by atoms with Crippen molar-refractivity contribution in [1.29, 1.82) is 0 Å². The number of esters is 1. The summed E-state index contributed by atoms with van der Waals surface area (Å²) in [6.07, 6.45) is 6.12. The van der Waals surface area contributed by atoms with Gasteiger partial charge in [-0.2, -0.15) is 0 Å². The van der Waals surface area contributed by atoms with Gasteiger partial charge in [0.2, 0.25) is 5.91 Å². The lowest BCUT2D eigenvalue weighted by molar-refractivity contribution is -0.143. The second-order valence-electron chi connectivity index (χ2n) is 5.44. The number of hydrogen-bond donors (Lipinski definition) is 0. The highest BCUT2D eigenvalue weighted by molar-refractivity contribution is 6.42. The van der Waals surface area contributed by atoms with E-state index in [9.17, 15) is 9.59 Å². The number of piperidine rings is 1. The van der Waals surface area contributed by atoms with Gasteiger partial charge in [-0.15, -0.1) is 0 Å². The second kappa shape index (κ2) is 8.37. The van der Waals surface area contributed by atoms with Gasteiger partial charge in [-0.25, -0.2) is 0 Å². The lowest BCUT2D eigenvalue weighted by Gasteiger charge is -2.34. The molecule has 1 saturated heterocycles. The van der Waals surface area contributed by atoms with Gasteiger partial charge in [0.25, 0.3) is 0 Å². The first-order valence-electron chi connectivity index (χ1n) is 7.52. The summed E-state index contributed by atoms with van der Waals surface area (Å²) in [5.74, 6) is -0.425. The summed E-state index contributed by atoms with van der Waals surface area (Å²) in [6, 6.07) is 5.16. The summed E-state index contributed by atoms with van der Waals surface area (Å²) >= 11 is 12.1. The van der Waals surface area contributed by atoms with Gasteiger partial charge >= 0.3 is 5.97 Å². The van der Waals surface area contributed by atoms with Crippen LogP contribution in [0.1, 0.15) is 31.2 Å². The van der Waals surface area contributed by atoms with Crippen LogP contribution in [0, 0.1) is 0 Å². The second-order valence-corrected chi connectivity index (χ2v) is 6.22. The molecular weight excluding hydrogens is 337 g/mol. The van der Waals surface area contributed by atoms with Crippen molar-refractivity contribution < 1.29 is 14.3 Å². The van der Waals surface area contributed by atoms with Crippen molar-refractivity contribution in [3.63, 3.8) is 0 Å². The van der Waals surface area contributed by atoms with Crippen LogP contribution in [-0.2, 0) is 14.3 Å². The molecule has 1 aromatic carbocycles. The Morgan fingerprint density at radius 2 is 2.13 bits per heavy atom. The average Bonchev–Trinajstić information content (AvgIpc) is 2.56. The van der Waals surface area contributed by atoms with Gasteiger partial charge in [0.1, 0.15) is 0 Å². The van der Waals surface area contributed by atoms with E-state index < -0.39 is 0 Å². The van der Waals surface area contributed by atoms with Crippen molar-refractivity contribution in [1.82, 2.24) is 4.90 Å². The molecule has 0 N–H and O–H groups in total. The molecule has 0 aromatic heterocycles. The maximum absolute atomic E-state index is 12.5. The van der Waals surface area contributed by atoms with Crippen LogP contribution in [0.4, 0.5) is 0 Å². The van der Waals surface area contributed by atoms with Crippen molar-refractivity contribution in [2.75, 3.05) is 13.7 Å². The fraction of sp³-hybridized carbons (Fsp3) is 0.412. The Kier molecular flexibility index (Phi) is 6.48. The van der Waals surface area contributed by atoms with E-state index in [1.165, 1.54) is 13.2 Å². The zero-order valence-corrected chi connectivity index (χ0v) is 14.4. The van der Waals surface area contributed by atoms with Crippen LogP contribution in [0.3, 0.4) is 0 Å². The molecule has 0 spiro atoms. The minimum Gasteiger partial charge on any atom is -0.469 e. The summed E-state index contributed by atoms with van der Waals surface area (Å²) in [6.45, 7) is 0.647. The maximum atomic E-state index is 12.5. The molecule has 0 saturated carbocycles. The molecule has 2 rings (SSSR count). The van der Waals surface area contributed by atoms with Crippen molar-refractivity contribution in [2.24, 2.45) is 0 Å². The summed E-state index contributed by atoms with van der Waals surface area (Å²) in [5.41, 5.74) is 0.689. The molecule has 1 aliphatic heterocycles. The highest BCUT2D eigenvalue weighted by Crippen LogP contribution is 2.27. The molecule has 1 atom stereocenters. The van der Waals surface area contributed by atoms with Gasteiger partial charge in [-0.05, 0) is 37.0 Å². The number of amides is 1. The Labute approximate surface area is 146 Å². The number of methoxy groups -OCH3 is 1. The van der Waals surface area contributed by atoms with Crippen LogP contribution in [0.5, 0.6) is 0 Å². The average molecular weight is 356 g/mol. The van der Waals surface area contributed by atoms with E-state index in [-0.39, 0.29) is 24.3 Å². The summed E-state index contributed by atoms with van der Waals surface area (Å²) < 4.78 is 4.71. The summed E-state index contributed by atoms with van der Waals surface area (Å²) in [7, 11) is 1.36. The van der Waals surface area contributed by atoms with Gasteiger partial charge in [-0.1, -0.05) is 35.3 Å². The van der Waals surface area contributed by atoms with Crippen molar-refractivity contribution in [3.05, 3.63) is 39.9 Å². The Morgan fingerprint density at radius 1 is 1.35 bits per heavy atom. The van der Waals surface area contributed by atoms with Crippen molar-refractivity contribution in [2.45, 2.75) is 31.7 Å². The molecule has 0 radical (unpaired) electrons. The van der Waals surface area contributed by atoms with Gasteiger partial charge in [-0.3, -0.25) is 9.59 Å². The molecule has 0 unspecified atom stereocenters. The van der Waals surface area contributed by atoms with Gasteiger partial charge in [0, 0.05) is 18.7 Å². The van der Waals surface area contributed by atoms with Crippen LogP contribution >= 0.6 is 23.2 Å². The first kappa shape index (κ1) is 17.8. The number of benzene rings is 1. The normalized spacial score (nSPS) is 18.2. The molecule has 1 aromatic rings. The van der Waals surface area contributed by atoms with Crippen molar-refractivity contribution >= 4 is 41.2 Å². The molecule has 1 amide bonds. The molecule has 1 aliphatic rings. The topological polar surface area (TPSA) is 46.6 Å². The van der Waals surface area contributed by atoms with Crippen LogP contribution in [0.25, 0.3) is 6.08 Å². The zero-order chi connectivity index (χ0) is 16.8. The van der Waals surface area contributed by atoms with Crippen LogP contribution in [-0.4, -0.2) is 36.5 Å². The Morgan fingerprint density at radius 3 is 2.87 bits per heavy atom. The number of carbonyl (C=O) groups is 2. The molecule has 124 valence electrons. The largest absolute Gasteiger partial charge is 0.469 e. The van der Waals surface area contributed by atoms with E-state index in [0.29, 0.717) is 22.2 Å². The predicted octanol–water partition coefficient (Wildman–Crippen LogP) is 3.95. The van der Waals surface area contributed by atoms with E-state index in [2.05, 4.69) is 0 Å². The lowest BCUT2D eigenvalue weighted by Crippen LogP contribution is -2.44. The number of nitrogens with zero attached hydrogens (tertiary/aromatic N) is 1. The molecule has 0 bridgehead atoms. The fourth-order valence-corrected chi connectivity index (χ4v) is 3.06. The Hall–Kier alpha value is -1.52. The van der Waals surface area contributed by atoms with Crippen LogP contribution in [0.15, 0.2) is 24.3 Å². The van der Waals surface area contributed by atoms with Crippen LogP contribution < -0.4 is 0 Å². The zero-order valence-electron chi connectivity index (χ0n) is 12.9. The molecule has 1 heterocycles. The quantitative estimate of drug-likeness (QED) is 0.606. The van der Waals surface area contributed by atoms with E-state index in [1.807, 2.05) is 0 Å². The minimum atomic E-state index is -0.295. The van der Waals surface area contributed by atoms with Crippen molar-refractivity contribution in [3.8, 4) is 0 Å². The van der Waals surface area contributed by atoms with Gasteiger partial charge < -0.3 is 9.64 Å². The van der Waals surface area contributed by atoms with Crippen LogP contribution in [0.2, 0.25) is 10.0 Å². The summed E-state index contributed by atoms with van der Waals surface area (Å²) in [4.78, 5) is 25.7. The molecule has 0 aliphatic carbocycles. The number of ether oxygens (including phenoxy) is 1. The molecule has 4 nitrogen and oxygen atoms in total. The first-order valence-corrected chi connectivity index (χ1v) is 8.28. The number of hydrogen-bond acceptors (Lipinski definition) is 3. The standard InChI is InChI=1S/C17H19Cl2NO3/c1-23-16(22)11-13-6-2-3-10-20(13)15(21)9-8-12-5-4-7-14(18)17(12)19/h4-5,7-9,13H,2-3,6,10-11H2,1H3/b9-8-/t13-/m1/s1. The Bertz CT molecular complexity index is 616. The molecule has 6 heteroatoms. The lowest BCUT2D eigenvalue weighted by atomic mass is 9.99. The highest BCUT2D eigenvalue weighted by Gasteiger charge is 2.27. The highest BCUT2D eigenvalue weighted by atomic mass is 35.5. The van der Waals surface area contributed by atoms with Gasteiger partial charge in [0.15, 0.2) is 0 Å². The monoisotopic (exact) mass is 355 g/mol.